The number of rotatable bonds is 8. The first kappa shape index (κ1) is 22.7. The molecule has 1 unspecified atom stereocenters. The summed E-state index contributed by atoms with van der Waals surface area (Å²) in [5.74, 6) is -1.06. The fourth-order valence-electron chi connectivity index (χ4n) is 3.84. The fourth-order valence-corrected chi connectivity index (χ4v) is 4.51. The molecular formula is C26H26N2O4S. The van der Waals surface area contributed by atoms with Crippen LogP contribution in [0, 0.1) is 0 Å². The third kappa shape index (κ3) is 4.54. The number of aliphatic hydroxyl groups is 1. The summed E-state index contributed by atoms with van der Waals surface area (Å²) in [4.78, 5) is 31.9. The number of Topliss-reactive ketones (excluding diaryl/α,β-unsaturated/α-hetero) is 1. The van der Waals surface area contributed by atoms with Crippen LogP contribution in [0.4, 0.5) is 5.13 Å². The van der Waals surface area contributed by atoms with Crippen molar-refractivity contribution in [2.24, 2.45) is 0 Å². The number of ketones is 1. The summed E-state index contributed by atoms with van der Waals surface area (Å²) >= 11 is 1.27. The van der Waals surface area contributed by atoms with Gasteiger partial charge in [-0.25, -0.2) is 4.98 Å². The number of ether oxygens (including phenoxy) is 1. The van der Waals surface area contributed by atoms with Gasteiger partial charge in [0.1, 0.15) is 11.5 Å². The topological polar surface area (TPSA) is 79.7 Å². The monoisotopic (exact) mass is 462 g/mol. The van der Waals surface area contributed by atoms with Crippen LogP contribution in [-0.4, -0.2) is 28.4 Å². The zero-order valence-electron chi connectivity index (χ0n) is 18.7. The van der Waals surface area contributed by atoms with E-state index in [0.717, 1.165) is 30.4 Å². The number of carbonyl (C=O) groups is 2. The van der Waals surface area contributed by atoms with Crippen LogP contribution in [0.1, 0.15) is 49.4 Å². The van der Waals surface area contributed by atoms with Gasteiger partial charge in [0.05, 0.1) is 18.2 Å². The van der Waals surface area contributed by atoms with E-state index in [4.69, 9.17) is 4.74 Å². The molecule has 0 saturated carbocycles. The molecule has 0 radical (unpaired) electrons. The standard InChI is InChI=1S/C26H26N2O4S/c1-3-5-14-32-20-8-6-7-19(16-20)23(29)21-22(18-11-9-17(4-2)10-12-18)28(25(31)24(21)30)26-27-13-15-33-26/h6-13,15-16,22,29H,3-5,14H2,1-2H3. The van der Waals surface area contributed by atoms with E-state index in [9.17, 15) is 14.7 Å². The number of carbonyl (C=O) groups excluding carboxylic acids is 2. The van der Waals surface area contributed by atoms with E-state index in [1.807, 2.05) is 30.3 Å². The quantitative estimate of drug-likeness (QED) is 0.207. The van der Waals surface area contributed by atoms with Crippen molar-refractivity contribution in [1.82, 2.24) is 4.98 Å². The Morgan fingerprint density at radius 1 is 1.15 bits per heavy atom. The molecule has 1 aromatic heterocycles. The number of aryl methyl sites for hydroxylation is 1. The molecule has 0 bridgehead atoms. The van der Waals surface area contributed by atoms with E-state index in [1.165, 1.54) is 16.2 Å². The van der Waals surface area contributed by atoms with Gasteiger partial charge in [0.15, 0.2) is 5.13 Å². The van der Waals surface area contributed by atoms with Crippen molar-refractivity contribution in [2.45, 2.75) is 39.2 Å². The van der Waals surface area contributed by atoms with Gasteiger partial charge in [0.2, 0.25) is 0 Å². The first-order valence-electron chi connectivity index (χ1n) is 11.1. The predicted molar refractivity (Wildman–Crippen MR) is 130 cm³/mol. The van der Waals surface area contributed by atoms with E-state index in [1.54, 1.807) is 29.8 Å². The minimum atomic E-state index is -0.772. The Kier molecular flexibility index (Phi) is 6.89. The highest BCUT2D eigenvalue weighted by molar-refractivity contribution is 7.14. The molecular weight excluding hydrogens is 436 g/mol. The number of aliphatic hydroxyl groups excluding tert-OH is 1. The van der Waals surface area contributed by atoms with Crippen LogP contribution in [0.5, 0.6) is 5.75 Å². The molecule has 1 aliphatic heterocycles. The summed E-state index contributed by atoms with van der Waals surface area (Å²) in [6.07, 6.45) is 4.39. The third-order valence-corrected chi connectivity index (χ3v) is 6.42. The van der Waals surface area contributed by atoms with Crippen LogP contribution >= 0.6 is 11.3 Å². The lowest BCUT2D eigenvalue weighted by Crippen LogP contribution is -2.29. The van der Waals surface area contributed by atoms with Crippen molar-refractivity contribution < 1.29 is 19.4 Å². The smallest absolute Gasteiger partial charge is 0.301 e. The highest BCUT2D eigenvalue weighted by Gasteiger charge is 2.47. The molecule has 1 N–H and O–H groups in total. The molecule has 6 nitrogen and oxygen atoms in total. The zero-order valence-corrected chi connectivity index (χ0v) is 19.5. The fraction of sp³-hybridized carbons (Fsp3) is 0.269. The van der Waals surface area contributed by atoms with Gasteiger partial charge in [0, 0.05) is 17.1 Å². The molecule has 1 saturated heterocycles. The van der Waals surface area contributed by atoms with Crippen LogP contribution in [-0.2, 0) is 16.0 Å². The van der Waals surface area contributed by atoms with Gasteiger partial charge in [0.25, 0.3) is 5.78 Å². The van der Waals surface area contributed by atoms with Gasteiger partial charge >= 0.3 is 5.91 Å². The number of amides is 1. The Morgan fingerprint density at radius 3 is 2.61 bits per heavy atom. The first-order valence-corrected chi connectivity index (χ1v) is 12.0. The van der Waals surface area contributed by atoms with Gasteiger partial charge in [-0.3, -0.25) is 14.5 Å². The van der Waals surface area contributed by atoms with Crippen LogP contribution < -0.4 is 9.64 Å². The summed E-state index contributed by atoms with van der Waals surface area (Å²) < 4.78 is 5.76. The molecule has 170 valence electrons. The first-order chi connectivity index (χ1) is 16.0. The van der Waals surface area contributed by atoms with Crippen molar-refractivity contribution >= 4 is 33.9 Å². The maximum Gasteiger partial charge on any atom is 0.301 e. The lowest BCUT2D eigenvalue weighted by molar-refractivity contribution is -0.132. The number of hydrogen-bond acceptors (Lipinski definition) is 6. The Morgan fingerprint density at radius 2 is 1.94 bits per heavy atom. The van der Waals surface area contributed by atoms with Crippen molar-refractivity contribution in [3.05, 3.63) is 82.4 Å². The number of thiazole rings is 1. The van der Waals surface area contributed by atoms with E-state index < -0.39 is 17.7 Å². The van der Waals surface area contributed by atoms with Gasteiger partial charge < -0.3 is 9.84 Å². The molecule has 1 atom stereocenters. The maximum atomic E-state index is 13.2. The Balaban J connectivity index is 1.81. The Labute approximate surface area is 197 Å². The molecule has 1 aliphatic rings. The van der Waals surface area contributed by atoms with Gasteiger partial charge in [-0.1, -0.05) is 56.7 Å². The van der Waals surface area contributed by atoms with Crippen molar-refractivity contribution in [1.29, 1.82) is 0 Å². The maximum absolute atomic E-state index is 13.2. The largest absolute Gasteiger partial charge is 0.507 e. The summed E-state index contributed by atoms with van der Waals surface area (Å²) in [6.45, 7) is 4.71. The van der Waals surface area contributed by atoms with E-state index in [-0.39, 0.29) is 11.3 Å². The number of aromatic nitrogens is 1. The highest BCUT2D eigenvalue weighted by Crippen LogP contribution is 2.42. The van der Waals surface area contributed by atoms with Gasteiger partial charge in [-0.15, -0.1) is 11.3 Å². The van der Waals surface area contributed by atoms with Crippen molar-refractivity contribution in [2.75, 3.05) is 11.5 Å². The van der Waals surface area contributed by atoms with E-state index >= 15 is 0 Å². The number of unbranched alkanes of at least 4 members (excludes halogenated alkanes) is 1. The molecule has 0 spiro atoms. The van der Waals surface area contributed by atoms with Crippen LogP contribution in [0.25, 0.3) is 5.76 Å². The second kappa shape index (κ2) is 10.0. The second-order valence-electron chi connectivity index (χ2n) is 7.81. The van der Waals surface area contributed by atoms with Crippen LogP contribution in [0.15, 0.2) is 65.7 Å². The number of nitrogens with zero attached hydrogens (tertiary/aromatic N) is 2. The lowest BCUT2D eigenvalue weighted by atomic mass is 9.94. The molecule has 2 aromatic carbocycles. The second-order valence-corrected chi connectivity index (χ2v) is 8.68. The Bertz CT molecular complexity index is 1170. The molecule has 0 aliphatic carbocycles. The molecule has 2 heterocycles. The average Bonchev–Trinajstić information content (AvgIpc) is 3.46. The minimum Gasteiger partial charge on any atom is -0.507 e. The van der Waals surface area contributed by atoms with Gasteiger partial charge in [-0.05, 0) is 36.1 Å². The molecule has 1 amide bonds. The number of benzene rings is 2. The summed E-state index contributed by atoms with van der Waals surface area (Å²) in [7, 11) is 0. The third-order valence-electron chi connectivity index (χ3n) is 5.65. The molecule has 7 heteroatoms. The SMILES string of the molecule is CCCCOc1cccc(C(O)=C2C(=O)C(=O)N(c3nccs3)C2c2ccc(CC)cc2)c1. The van der Waals surface area contributed by atoms with Crippen molar-refractivity contribution in [3.8, 4) is 5.75 Å². The minimum absolute atomic E-state index is 0.0464. The van der Waals surface area contributed by atoms with E-state index in [2.05, 4.69) is 18.8 Å². The lowest BCUT2D eigenvalue weighted by Gasteiger charge is -2.23. The highest BCUT2D eigenvalue weighted by atomic mass is 32.1. The normalized spacial score (nSPS) is 17.5. The molecule has 33 heavy (non-hydrogen) atoms. The summed E-state index contributed by atoms with van der Waals surface area (Å²) in [5, 5.41) is 13.4. The predicted octanol–water partition coefficient (Wildman–Crippen LogP) is 5.51. The summed E-state index contributed by atoms with van der Waals surface area (Å²) in [6, 6.07) is 13.9. The zero-order chi connectivity index (χ0) is 23.4. The number of anilines is 1. The van der Waals surface area contributed by atoms with Crippen LogP contribution in [0.3, 0.4) is 0 Å². The van der Waals surface area contributed by atoms with E-state index in [0.29, 0.717) is 23.1 Å². The molecule has 4 rings (SSSR count). The molecule has 3 aromatic rings. The summed E-state index contributed by atoms with van der Waals surface area (Å²) in [5.41, 5.74) is 2.35. The average molecular weight is 463 g/mol. The van der Waals surface area contributed by atoms with Crippen LogP contribution in [0.2, 0.25) is 0 Å². The number of hydrogen-bond donors (Lipinski definition) is 1. The Hall–Kier alpha value is -3.45. The molecule has 1 fully saturated rings. The van der Waals surface area contributed by atoms with Gasteiger partial charge in [-0.2, -0.15) is 0 Å². The van der Waals surface area contributed by atoms with Crippen molar-refractivity contribution in [3.63, 3.8) is 0 Å².